The number of benzene rings is 1. The minimum Gasteiger partial charge on any atom is -0.493 e. The topological polar surface area (TPSA) is 44.8 Å². The summed E-state index contributed by atoms with van der Waals surface area (Å²) >= 11 is 0. The molecular weight excluding hydrogens is 253 g/mol. The molecule has 0 amide bonds. The highest BCUT2D eigenvalue weighted by molar-refractivity contribution is 5.81. The molecule has 18 heavy (non-hydrogen) atoms. The van der Waals surface area contributed by atoms with Crippen molar-refractivity contribution < 1.29 is 32.2 Å². The van der Waals surface area contributed by atoms with Gasteiger partial charge < -0.3 is 14.2 Å². The molecule has 100 valence electrons. The van der Waals surface area contributed by atoms with Gasteiger partial charge in [0.25, 0.3) is 0 Å². The van der Waals surface area contributed by atoms with E-state index in [1.54, 1.807) is 6.07 Å². The van der Waals surface area contributed by atoms with E-state index < -0.39 is 19.6 Å². The molecule has 0 unspecified atom stereocenters. The largest absolute Gasteiger partial charge is 0.493 e. The fourth-order valence-electron chi connectivity index (χ4n) is 1.20. The van der Waals surface area contributed by atoms with Crippen molar-refractivity contribution in [3.63, 3.8) is 0 Å². The number of hydrogen-bond donors (Lipinski definition) is 0. The van der Waals surface area contributed by atoms with Crippen LogP contribution in [0.1, 0.15) is 10.4 Å². The smallest absolute Gasteiger partial charge is 0.411 e. The van der Waals surface area contributed by atoms with Crippen LogP contribution in [0, 0.1) is 0 Å². The van der Waals surface area contributed by atoms with Crippen LogP contribution in [0.15, 0.2) is 18.2 Å². The van der Waals surface area contributed by atoms with Gasteiger partial charge in [-0.3, -0.25) is 4.79 Å². The molecule has 0 N–H and O–H groups in total. The van der Waals surface area contributed by atoms with Gasteiger partial charge in [-0.2, -0.15) is 13.2 Å². The number of carbonyl (C=O) groups excluding carboxylic acids is 1. The number of hydrogen-bond acceptors (Lipinski definition) is 4. The molecule has 0 spiro atoms. The number of ether oxygens (including phenoxy) is 3. The first kappa shape index (κ1) is 14.3. The molecule has 0 saturated heterocycles. The van der Waals surface area contributed by atoms with Crippen molar-refractivity contribution in [1.29, 1.82) is 0 Å². The third-order valence-electron chi connectivity index (χ3n) is 1.91. The molecule has 0 aliphatic carbocycles. The van der Waals surface area contributed by atoms with Crippen LogP contribution in [-0.2, 0) is 4.74 Å². The number of halogens is 3. The Morgan fingerprint density at radius 2 is 2.06 bits per heavy atom. The van der Waals surface area contributed by atoms with Gasteiger partial charge in [-0.15, -0.1) is 0 Å². The molecule has 0 aliphatic rings. The number of rotatable bonds is 6. The second-order valence-corrected chi connectivity index (χ2v) is 3.22. The lowest BCUT2D eigenvalue weighted by atomic mass is 10.2. The van der Waals surface area contributed by atoms with E-state index in [0.29, 0.717) is 6.29 Å². The van der Waals surface area contributed by atoms with Gasteiger partial charge in [-0.05, 0) is 12.1 Å². The van der Waals surface area contributed by atoms with Crippen LogP contribution >= 0.6 is 0 Å². The molecule has 1 aromatic carbocycles. The molecule has 0 atom stereocenters. The molecule has 1 aromatic rings. The van der Waals surface area contributed by atoms with E-state index in [1.165, 1.54) is 19.2 Å². The predicted octanol–water partition coefficient (Wildman–Crippen LogP) is 2.42. The Labute approximate surface area is 101 Å². The highest BCUT2D eigenvalue weighted by Gasteiger charge is 2.27. The number of para-hydroxylation sites is 1. The molecule has 0 aliphatic heterocycles. The first-order chi connectivity index (χ1) is 8.48. The molecule has 0 radical (unpaired) electrons. The number of aldehydes is 1. The van der Waals surface area contributed by atoms with Crippen molar-refractivity contribution >= 4 is 6.29 Å². The van der Waals surface area contributed by atoms with E-state index in [0.717, 1.165) is 0 Å². The average Bonchev–Trinajstić information content (AvgIpc) is 2.33. The van der Waals surface area contributed by atoms with Crippen molar-refractivity contribution in [1.82, 2.24) is 0 Å². The molecule has 1 rings (SSSR count). The average molecular weight is 264 g/mol. The highest BCUT2D eigenvalue weighted by Crippen LogP contribution is 2.30. The Kier molecular flexibility index (Phi) is 4.96. The second kappa shape index (κ2) is 6.25. The maximum absolute atomic E-state index is 11.8. The van der Waals surface area contributed by atoms with E-state index in [2.05, 4.69) is 4.74 Å². The minimum atomic E-state index is -4.42. The van der Waals surface area contributed by atoms with E-state index in [4.69, 9.17) is 9.47 Å². The Balaban J connectivity index is 2.63. The predicted molar refractivity (Wildman–Crippen MR) is 55.9 cm³/mol. The maximum atomic E-state index is 11.8. The zero-order valence-electron chi connectivity index (χ0n) is 9.49. The van der Waals surface area contributed by atoms with Gasteiger partial charge in [-0.25, -0.2) is 0 Å². The van der Waals surface area contributed by atoms with Gasteiger partial charge in [0, 0.05) is 0 Å². The molecule has 0 saturated carbocycles. The fourth-order valence-corrected chi connectivity index (χ4v) is 1.20. The zero-order valence-corrected chi connectivity index (χ0v) is 9.49. The number of alkyl halides is 3. The van der Waals surface area contributed by atoms with Crippen LogP contribution in [0.2, 0.25) is 0 Å². The summed E-state index contributed by atoms with van der Waals surface area (Å²) in [5.41, 5.74) is 0.171. The molecule has 7 heteroatoms. The molecule has 0 heterocycles. The van der Waals surface area contributed by atoms with Gasteiger partial charge in [0.2, 0.25) is 0 Å². The van der Waals surface area contributed by atoms with Crippen molar-refractivity contribution in [3.05, 3.63) is 23.8 Å². The molecule has 0 aromatic heterocycles. The van der Waals surface area contributed by atoms with Crippen molar-refractivity contribution in [2.45, 2.75) is 6.18 Å². The van der Waals surface area contributed by atoms with E-state index in [1.807, 2.05) is 0 Å². The number of carbonyl (C=O) groups is 1. The first-order valence-electron chi connectivity index (χ1n) is 4.87. The molecular formula is C11H11F3O4. The summed E-state index contributed by atoms with van der Waals surface area (Å²) in [6, 6.07) is 4.53. The maximum Gasteiger partial charge on any atom is 0.411 e. The van der Waals surface area contributed by atoms with Gasteiger partial charge in [0.15, 0.2) is 24.6 Å². The Bertz CT molecular complexity index is 404. The van der Waals surface area contributed by atoms with Crippen molar-refractivity contribution in [2.75, 3.05) is 20.5 Å². The monoisotopic (exact) mass is 264 g/mol. The zero-order chi connectivity index (χ0) is 13.6. The van der Waals surface area contributed by atoms with Gasteiger partial charge in [0.05, 0.1) is 12.7 Å². The summed E-state index contributed by atoms with van der Waals surface area (Å²) in [5, 5.41) is 0. The Morgan fingerprint density at radius 3 is 2.61 bits per heavy atom. The van der Waals surface area contributed by atoms with Gasteiger partial charge >= 0.3 is 6.18 Å². The summed E-state index contributed by atoms with van der Waals surface area (Å²) < 4.78 is 49.6. The van der Waals surface area contributed by atoms with Crippen LogP contribution in [0.5, 0.6) is 11.5 Å². The minimum absolute atomic E-state index is 0.0529. The Morgan fingerprint density at radius 1 is 1.33 bits per heavy atom. The van der Waals surface area contributed by atoms with Gasteiger partial charge in [-0.1, -0.05) is 6.07 Å². The van der Waals surface area contributed by atoms with Gasteiger partial charge in [0.1, 0.15) is 6.61 Å². The summed E-state index contributed by atoms with van der Waals surface area (Å²) in [5.74, 6) is 0.299. The molecule has 0 bridgehead atoms. The lowest BCUT2D eigenvalue weighted by molar-refractivity contribution is -0.186. The quantitative estimate of drug-likeness (QED) is 0.449. The van der Waals surface area contributed by atoms with Crippen molar-refractivity contribution in [2.24, 2.45) is 0 Å². The van der Waals surface area contributed by atoms with Crippen LogP contribution in [0.25, 0.3) is 0 Å². The third-order valence-corrected chi connectivity index (χ3v) is 1.91. The van der Waals surface area contributed by atoms with E-state index in [9.17, 15) is 18.0 Å². The Hall–Kier alpha value is -1.76. The second-order valence-electron chi connectivity index (χ2n) is 3.22. The lowest BCUT2D eigenvalue weighted by Gasteiger charge is -2.13. The first-order valence-corrected chi connectivity index (χ1v) is 4.87. The van der Waals surface area contributed by atoms with Crippen LogP contribution in [-0.4, -0.2) is 33.0 Å². The van der Waals surface area contributed by atoms with Crippen molar-refractivity contribution in [3.8, 4) is 11.5 Å². The van der Waals surface area contributed by atoms with E-state index >= 15 is 0 Å². The third kappa shape index (κ3) is 4.25. The van der Waals surface area contributed by atoms with E-state index in [-0.39, 0.29) is 17.1 Å². The fraction of sp³-hybridized carbons (Fsp3) is 0.364. The standard InChI is InChI=1S/C11H11F3O4/c1-16-9-4-2-3-8(5-15)10(9)18-7-17-6-11(12,13)14/h2-5H,6-7H2,1H3. The lowest BCUT2D eigenvalue weighted by Crippen LogP contribution is -2.19. The van der Waals surface area contributed by atoms with Crippen LogP contribution in [0.3, 0.4) is 0 Å². The summed E-state index contributed by atoms with van der Waals surface area (Å²) in [6.45, 7) is -2.04. The summed E-state index contributed by atoms with van der Waals surface area (Å²) in [6.07, 6.45) is -3.90. The molecule has 0 fully saturated rings. The number of methoxy groups -OCH3 is 1. The normalized spacial score (nSPS) is 11.1. The molecule has 4 nitrogen and oxygen atoms in total. The SMILES string of the molecule is COc1cccc(C=O)c1OCOCC(F)(F)F. The summed E-state index contributed by atoms with van der Waals surface area (Å²) in [4.78, 5) is 10.7. The summed E-state index contributed by atoms with van der Waals surface area (Å²) in [7, 11) is 1.35. The van der Waals surface area contributed by atoms with Crippen LogP contribution in [0.4, 0.5) is 13.2 Å². The highest BCUT2D eigenvalue weighted by atomic mass is 19.4. The van der Waals surface area contributed by atoms with Crippen LogP contribution < -0.4 is 9.47 Å².